The van der Waals surface area contributed by atoms with Gasteiger partial charge in [-0.1, -0.05) is 22.9 Å². The number of thiocarbonyl (C=S) groups is 1. The number of methoxy groups -OCH3 is 1. The number of fused-ring (bicyclic) bond motifs is 1. The number of benzene rings is 1. The molecule has 0 aliphatic heterocycles. The summed E-state index contributed by atoms with van der Waals surface area (Å²) in [5.41, 5.74) is 8.29. The molecule has 0 radical (unpaired) electrons. The summed E-state index contributed by atoms with van der Waals surface area (Å²) in [6.45, 7) is 4.05. The molecule has 2 aromatic rings. The second kappa shape index (κ2) is 8.81. The van der Waals surface area contributed by atoms with Crippen molar-refractivity contribution >= 4 is 61.4 Å². The average molecular weight is 496 g/mol. The molecule has 1 aliphatic rings. The lowest BCUT2D eigenvalue weighted by atomic mass is 9.88. The topological polar surface area (TPSA) is 93.4 Å². The van der Waals surface area contributed by atoms with Gasteiger partial charge >= 0.3 is 0 Å². The molecule has 1 aromatic heterocycles. The lowest BCUT2D eigenvalue weighted by Crippen LogP contribution is -2.34. The number of thiophene rings is 1. The van der Waals surface area contributed by atoms with Crippen molar-refractivity contribution in [3.05, 3.63) is 43.7 Å². The molecule has 0 spiro atoms. The zero-order valence-corrected chi connectivity index (χ0v) is 19.6. The van der Waals surface area contributed by atoms with Gasteiger partial charge in [-0.3, -0.25) is 14.9 Å². The Hall–Kier alpha value is -1.97. The number of rotatable bonds is 4. The first-order valence-corrected chi connectivity index (χ1v) is 11.1. The van der Waals surface area contributed by atoms with Crippen LogP contribution >= 0.6 is 39.5 Å². The average Bonchev–Trinajstić information content (AvgIpc) is 2.97. The third-order valence-electron chi connectivity index (χ3n) is 4.90. The fourth-order valence-corrected chi connectivity index (χ4v) is 5.83. The quantitative estimate of drug-likeness (QED) is 0.553. The number of halogens is 1. The largest absolute Gasteiger partial charge is 0.496 e. The van der Waals surface area contributed by atoms with E-state index in [0.29, 0.717) is 27.8 Å². The molecule has 1 aliphatic carbocycles. The molecule has 0 fully saturated rings. The molecule has 2 amide bonds. The van der Waals surface area contributed by atoms with Gasteiger partial charge in [-0.25, -0.2) is 0 Å². The number of nitrogens with one attached hydrogen (secondary N) is 2. The minimum absolute atomic E-state index is 0.101. The first-order valence-electron chi connectivity index (χ1n) is 9.12. The first-order chi connectivity index (χ1) is 13.7. The molecule has 1 aromatic carbocycles. The Kier molecular flexibility index (Phi) is 6.60. The smallest absolute Gasteiger partial charge is 0.261 e. The van der Waals surface area contributed by atoms with E-state index in [1.165, 1.54) is 18.4 Å². The van der Waals surface area contributed by atoms with E-state index in [-0.39, 0.29) is 5.11 Å². The number of anilines is 1. The number of aryl methyl sites for hydroxylation is 1. The van der Waals surface area contributed by atoms with Gasteiger partial charge < -0.3 is 15.8 Å². The van der Waals surface area contributed by atoms with Gasteiger partial charge in [-0.2, -0.15) is 0 Å². The van der Waals surface area contributed by atoms with Crippen molar-refractivity contribution in [3.63, 3.8) is 0 Å². The van der Waals surface area contributed by atoms with Crippen LogP contribution < -0.4 is 21.1 Å². The summed E-state index contributed by atoms with van der Waals surface area (Å²) >= 11 is 10.2. The Balaban J connectivity index is 1.82. The van der Waals surface area contributed by atoms with E-state index in [1.807, 2.05) is 13.0 Å². The molecule has 0 saturated heterocycles. The number of nitrogens with two attached hydrogens (primary N) is 1. The summed E-state index contributed by atoms with van der Waals surface area (Å²) in [7, 11) is 1.51. The predicted molar refractivity (Wildman–Crippen MR) is 123 cm³/mol. The molecule has 154 valence electrons. The highest BCUT2D eigenvalue weighted by Gasteiger charge is 2.27. The maximum absolute atomic E-state index is 12.8. The Labute approximate surface area is 187 Å². The molecule has 0 unspecified atom stereocenters. The monoisotopic (exact) mass is 495 g/mol. The Morgan fingerprint density at radius 1 is 1.38 bits per heavy atom. The van der Waals surface area contributed by atoms with Crippen LogP contribution in [0, 0.1) is 12.8 Å². The number of carbonyl (C=O) groups excluding carboxylic acids is 2. The van der Waals surface area contributed by atoms with Crippen LogP contribution in [0.4, 0.5) is 5.00 Å². The third-order valence-corrected chi connectivity index (χ3v) is 6.73. The fraction of sp³-hybridized carbons (Fsp3) is 0.350. The summed E-state index contributed by atoms with van der Waals surface area (Å²) in [6, 6.07) is 3.53. The standard InChI is InChI=1S/C20H22BrN3O3S2/c1-9-4-5-12-14(6-9)29-19(15(12)17(22)25)24-20(28)23-18(26)13-8-11(21)7-10(2)16(13)27-3/h7-9H,4-6H2,1-3H3,(H2,22,25)(H2,23,24,26,28)/t9-/m0/s1. The van der Waals surface area contributed by atoms with Crippen molar-refractivity contribution in [3.8, 4) is 5.75 Å². The highest BCUT2D eigenvalue weighted by atomic mass is 79.9. The molecule has 0 bridgehead atoms. The number of primary amides is 1. The molecule has 4 N–H and O–H groups in total. The van der Waals surface area contributed by atoms with Gasteiger partial charge in [0.15, 0.2) is 5.11 Å². The SMILES string of the molecule is COc1c(C)cc(Br)cc1C(=O)NC(=S)Nc1sc2c(c1C(N)=O)CC[C@H](C)C2. The zero-order chi connectivity index (χ0) is 21.3. The van der Waals surface area contributed by atoms with Crippen molar-refractivity contribution in [1.82, 2.24) is 5.32 Å². The number of carbonyl (C=O) groups is 2. The van der Waals surface area contributed by atoms with E-state index in [1.54, 1.807) is 6.07 Å². The second-order valence-corrected chi connectivity index (χ2v) is 9.56. The number of amides is 2. The second-order valence-electron chi connectivity index (χ2n) is 7.13. The molecule has 6 nitrogen and oxygen atoms in total. The molecule has 0 saturated carbocycles. The van der Waals surface area contributed by atoms with E-state index >= 15 is 0 Å². The van der Waals surface area contributed by atoms with Gasteiger partial charge in [0.1, 0.15) is 10.8 Å². The summed E-state index contributed by atoms with van der Waals surface area (Å²) in [5.74, 6) is 0.151. The lowest BCUT2D eigenvalue weighted by Gasteiger charge is -2.18. The zero-order valence-electron chi connectivity index (χ0n) is 16.3. The highest BCUT2D eigenvalue weighted by molar-refractivity contribution is 9.10. The van der Waals surface area contributed by atoms with Crippen molar-refractivity contribution in [2.45, 2.75) is 33.1 Å². The van der Waals surface area contributed by atoms with E-state index in [2.05, 4.69) is 33.5 Å². The van der Waals surface area contributed by atoms with Crippen LogP contribution in [0.25, 0.3) is 0 Å². The van der Waals surface area contributed by atoms with E-state index in [0.717, 1.165) is 39.7 Å². The van der Waals surface area contributed by atoms with Crippen molar-refractivity contribution < 1.29 is 14.3 Å². The van der Waals surface area contributed by atoms with E-state index in [4.69, 9.17) is 22.7 Å². The highest BCUT2D eigenvalue weighted by Crippen LogP contribution is 2.39. The third kappa shape index (κ3) is 4.62. The van der Waals surface area contributed by atoms with Gasteiger partial charge in [-0.05, 0) is 67.6 Å². The normalized spacial score (nSPS) is 15.4. The molecular formula is C20H22BrN3O3S2. The molecule has 1 heterocycles. The minimum atomic E-state index is -0.488. The van der Waals surface area contributed by atoms with Gasteiger partial charge in [0.2, 0.25) is 0 Å². The van der Waals surface area contributed by atoms with Crippen LogP contribution in [0.1, 0.15) is 50.1 Å². The maximum atomic E-state index is 12.8. The van der Waals surface area contributed by atoms with Crippen LogP contribution in [-0.2, 0) is 12.8 Å². The van der Waals surface area contributed by atoms with Crippen molar-refractivity contribution in [2.24, 2.45) is 11.7 Å². The van der Waals surface area contributed by atoms with E-state index in [9.17, 15) is 9.59 Å². The van der Waals surface area contributed by atoms with Crippen LogP contribution in [0.2, 0.25) is 0 Å². The summed E-state index contributed by atoms with van der Waals surface area (Å²) < 4.78 is 6.12. The molecular weight excluding hydrogens is 474 g/mol. The summed E-state index contributed by atoms with van der Waals surface area (Å²) in [6.07, 6.45) is 2.75. The number of hydrogen-bond acceptors (Lipinski definition) is 5. The van der Waals surface area contributed by atoms with E-state index < -0.39 is 11.8 Å². The fourth-order valence-electron chi connectivity index (χ4n) is 3.57. The van der Waals surface area contributed by atoms with Crippen molar-refractivity contribution in [1.29, 1.82) is 0 Å². The van der Waals surface area contributed by atoms with Gasteiger partial charge in [0.05, 0.1) is 18.2 Å². The maximum Gasteiger partial charge on any atom is 0.261 e. The Bertz CT molecular complexity index is 1000. The Morgan fingerprint density at radius 3 is 2.76 bits per heavy atom. The van der Waals surface area contributed by atoms with Crippen LogP contribution in [-0.4, -0.2) is 24.0 Å². The van der Waals surface area contributed by atoms with Gasteiger partial charge in [0.25, 0.3) is 11.8 Å². The minimum Gasteiger partial charge on any atom is -0.496 e. The summed E-state index contributed by atoms with van der Waals surface area (Å²) in [4.78, 5) is 26.0. The summed E-state index contributed by atoms with van der Waals surface area (Å²) in [5, 5.41) is 6.34. The van der Waals surface area contributed by atoms with Gasteiger partial charge in [-0.15, -0.1) is 11.3 Å². The van der Waals surface area contributed by atoms with Crippen molar-refractivity contribution in [2.75, 3.05) is 12.4 Å². The Morgan fingerprint density at radius 2 is 2.10 bits per heavy atom. The molecule has 29 heavy (non-hydrogen) atoms. The van der Waals surface area contributed by atoms with Crippen LogP contribution in [0.15, 0.2) is 16.6 Å². The van der Waals surface area contributed by atoms with Gasteiger partial charge in [0, 0.05) is 9.35 Å². The van der Waals surface area contributed by atoms with Crippen LogP contribution in [0.3, 0.4) is 0 Å². The molecule has 3 rings (SSSR count). The van der Waals surface area contributed by atoms with Crippen LogP contribution in [0.5, 0.6) is 5.75 Å². The lowest BCUT2D eigenvalue weighted by molar-refractivity contribution is 0.0972. The predicted octanol–water partition coefficient (Wildman–Crippen LogP) is 4.18. The molecule has 9 heteroatoms. The molecule has 1 atom stereocenters. The first kappa shape index (κ1) is 21.7. The number of ether oxygens (including phenoxy) is 1. The number of hydrogen-bond donors (Lipinski definition) is 3.